The summed E-state index contributed by atoms with van der Waals surface area (Å²) in [5, 5.41) is 2.88. The first kappa shape index (κ1) is 13.4. The van der Waals surface area contributed by atoms with Crippen LogP contribution in [-0.2, 0) is 6.42 Å². The van der Waals surface area contributed by atoms with Crippen molar-refractivity contribution < 1.29 is 9.59 Å². The van der Waals surface area contributed by atoms with E-state index in [1.807, 2.05) is 42.5 Å². The molecule has 0 atom stereocenters. The normalized spacial score (nSPS) is 12.9. The Morgan fingerprint density at radius 1 is 1.10 bits per heavy atom. The minimum atomic E-state index is -0.143. The lowest BCUT2D eigenvalue weighted by atomic mass is 10.1. The molecule has 0 unspecified atom stereocenters. The Morgan fingerprint density at radius 3 is 2.57 bits per heavy atom. The van der Waals surface area contributed by atoms with Gasteiger partial charge < -0.3 is 5.32 Å². The first-order chi connectivity index (χ1) is 10.1. The van der Waals surface area contributed by atoms with Gasteiger partial charge in [-0.05, 0) is 49.2 Å². The maximum atomic E-state index is 12.3. The molecule has 1 heterocycles. The zero-order chi connectivity index (χ0) is 14.8. The van der Waals surface area contributed by atoms with E-state index in [1.165, 1.54) is 0 Å². The van der Waals surface area contributed by atoms with Gasteiger partial charge in [0.05, 0.1) is 0 Å². The van der Waals surface area contributed by atoms with Crippen molar-refractivity contribution in [1.29, 1.82) is 0 Å². The number of anilines is 2. The number of urea groups is 1. The number of hydrogen-bond donors (Lipinski definition) is 1. The van der Waals surface area contributed by atoms with Crippen molar-refractivity contribution in [2.45, 2.75) is 13.3 Å². The molecule has 2 aromatic carbocycles. The second kappa shape index (κ2) is 5.40. The van der Waals surface area contributed by atoms with Crippen LogP contribution in [0.3, 0.4) is 0 Å². The third-order valence-electron chi connectivity index (χ3n) is 3.65. The lowest BCUT2D eigenvalue weighted by molar-refractivity contribution is 0.101. The number of nitrogens with one attached hydrogen (secondary N) is 1. The second-order valence-corrected chi connectivity index (χ2v) is 5.10. The summed E-state index contributed by atoms with van der Waals surface area (Å²) in [6, 6.07) is 14.7. The number of nitrogens with zero attached hydrogens (tertiary/aromatic N) is 1. The molecule has 0 saturated heterocycles. The molecule has 0 saturated carbocycles. The number of ketones is 1. The summed E-state index contributed by atoms with van der Waals surface area (Å²) in [5.41, 5.74) is 3.40. The highest BCUT2D eigenvalue weighted by atomic mass is 16.2. The molecule has 4 heteroatoms. The van der Waals surface area contributed by atoms with E-state index in [-0.39, 0.29) is 11.8 Å². The van der Waals surface area contributed by atoms with Gasteiger partial charge >= 0.3 is 6.03 Å². The zero-order valence-electron chi connectivity index (χ0n) is 11.8. The van der Waals surface area contributed by atoms with Crippen LogP contribution in [0.15, 0.2) is 48.5 Å². The van der Waals surface area contributed by atoms with Gasteiger partial charge in [0.1, 0.15) is 0 Å². The van der Waals surface area contributed by atoms with E-state index in [0.717, 1.165) is 23.4 Å². The molecular formula is C17H16N2O2. The van der Waals surface area contributed by atoms with Crippen LogP contribution < -0.4 is 10.2 Å². The van der Waals surface area contributed by atoms with Crippen molar-refractivity contribution in [3.05, 3.63) is 59.7 Å². The zero-order valence-corrected chi connectivity index (χ0v) is 11.8. The molecule has 3 rings (SSSR count). The molecular weight excluding hydrogens is 264 g/mol. The van der Waals surface area contributed by atoms with E-state index in [2.05, 4.69) is 5.32 Å². The Morgan fingerprint density at radius 2 is 1.86 bits per heavy atom. The minimum absolute atomic E-state index is 0.0463. The van der Waals surface area contributed by atoms with Crippen LogP contribution in [0.2, 0.25) is 0 Å². The molecule has 1 aliphatic heterocycles. The van der Waals surface area contributed by atoms with Gasteiger partial charge in [0.15, 0.2) is 5.78 Å². The Labute approximate surface area is 123 Å². The molecule has 2 amide bonds. The number of benzene rings is 2. The van der Waals surface area contributed by atoms with Gasteiger partial charge in [0.2, 0.25) is 0 Å². The van der Waals surface area contributed by atoms with Crippen LogP contribution in [-0.4, -0.2) is 18.4 Å². The number of hydrogen-bond acceptors (Lipinski definition) is 2. The molecule has 0 radical (unpaired) electrons. The molecule has 106 valence electrons. The van der Waals surface area contributed by atoms with E-state index < -0.39 is 0 Å². The number of rotatable bonds is 2. The van der Waals surface area contributed by atoms with E-state index >= 15 is 0 Å². The van der Waals surface area contributed by atoms with Crippen LogP contribution in [0.5, 0.6) is 0 Å². The van der Waals surface area contributed by atoms with Crippen molar-refractivity contribution in [2.75, 3.05) is 16.8 Å². The molecule has 0 bridgehead atoms. The molecule has 2 aromatic rings. The average molecular weight is 280 g/mol. The standard InChI is InChI=1S/C17H16N2O2/c1-12(20)13-7-8-16-14(11-13)9-10-19(16)17(21)18-15-5-3-2-4-6-15/h2-8,11H,9-10H2,1H3,(H,18,21). The number of carbonyl (C=O) groups excluding carboxylic acids is 2. The molecule has 4 nitrogen and oxygen atoms in total. The third kappa shape index (κ3) is 2.65. The van der Waals surface area contributed by atoms with Gasteiger partial charge in [-0.25, -0.2) is 4.79 Å². The second-order valence-electron chi connectivity index (χ2n) is 5.10. The minimum Gasteiger partial charge on any atom is -0.308 e. The molecule has 0 fully saturated rings. The van der Waals surface area contributed by atoms with E-state index in [1.54, 1.807) is 17.9 Å². The van der Waals surface area contributed by atoms with Gasteiger partial charge in [-0.1, -0.05) is 18.2 Å². The fourth-order valence-corrected chi connectivity index (χ4v) is 2.54. The van der Waals surface area contributed by atoms with E-state index in [9.17, 15) is 9.59 Å². The first-order valence-corrected chi connectivity index (χ1v) is 6.92. The van der Waals surface area contributed by atoms with Crippen molar-refractivity contribution in [3.8, 4) is 0 Å². The topological polar surface area (TPSA) is 49.4 Å². The van der Waals surface area contributed by atoms with Gasteiger partial charge in [0, 0.05) is 23.5 Å². The summed E-state index contributed by atoms with van der Waals surface area (Å²) in [6.07, 6.45) is 0.776. The number of carbonyl (C=O) groups is 2. The number of para-hydroxylation sites is 1. The van der Waals surface area contributed by atoms with Crippen LogP contribution in [0.4, 0.5) is 16.2 Å². The third-order valence-corrected chi connectivity index (χ3v) is 3.65. The maximum Gasteiger partial charge on any atom is 0.326 e. The monoisotopic (exact) mass is 280 g/mol. The Kier molecular flexibility index (Phi) is 3.44. The van der Waals surface area contributed by atoms with Crippen molar-refractivity contribution in [1.82, 2.24) is 0 Å². The molecule has 1 aliphatic rings. The van der Waals surface area contributed by atoms with Crippen molar-refractivity contribution in [2.24, 2.45) is 0 Å². The highest BCUT2D eigenvalue weighted by Gasteiger charge is 2.25. The van der Waals surface area contributed by atoms with E-state index in [0.29, 0.717) is 12.1 Å². The van der Waals surface area contributed by atoms with Gasteiger partial charge in [-0.15, -0.1) is 0 Å². The average Bonchev–Trinajstić information content (AvgIpc) is 2.91. The van der Waals surface area contributed by atoms with Crippen LogP contribution in [0.25, 0.3) is 0 Å². The molecule has 21 heavy (non-hydrogen) atoms. The lowest BCUT2D eigenvalue weighted by Crippen LogP contribution is -2.33. The summed E-state index contributed by atoms with van der Waals surface area (Å²) >= 11 is 0. The fraction of sp³-hybridized carbons (Fsp3) is 0.176. The molecule has 0 aliphatic carbocycles. The Hall–Kier alpha value is -2.62. The highest BCUT2D eigenvalue weighted by molar-refractivity contribution is 6.03. The highest BCUT2D eigenvalue weighted by Crippen LogP contribution is 2.29. The summed E-state index contributed by atoms with van der Waals surface area (Å²) in [5.74, 6) is 0.0463. The SMILES string of the molecule is CC(=O)c1ccc2c(c1)CCN2C(=O)Nc1ccccc1. The quantitative estimate of drug-likeness (QED) is 0.856. The Bertz CT molecular complexity index is 695. The predicted molar refractivity (Wildman–Crippen MR) is 83.0 cm³/mol. The number of Topliss-reactive ketones (excluding diaryl/α,β-unsaturated/α-hetero) is 1. The summed E-state index contributed by atoms with van der Waals surface area (Å²) < 4.78 is 0. The number of amides is 2. The van der Waals surface area contributed by atoms with Crippen LogP contribution in [0, 0.1) is 0 Å². The van der Waals surface area contributed by atoms with Gasteiger partial charge in [-0.2, -0.15) is 0 Å². The largest absolute Gasteiger partial charge is 0.326 e. The van der Waals surface area contributed by atoms with E-state index in [4.69, 9.17) is 0 Å². The summed E-state index contributed by atoms with van der Waals surface area (Å²) in [6.45, 7) is 2.19. The predicted octanol–water partition coefficient (Wildman–Crippen LogP) is 3.48. The lowest BCUT2D eigenvalue weighted by Gasteiger charge is -2.18. The van der Waals surface area contributed by atoms with Crippen molar-refractivity contribution in [3.63, 3.8) is 0 Å². The van der Waals surface area contributed by atoms with Crippen LogP contribution in [0.1, 0.15) is 22.8 Å². The summed E-state index contributed by atoms with van der Waals surface area (Å²) in [7, 11) is 0. The maximum absolute atomic E-state index is 12.3. The van der Waals surface area contributed by atoms with Gasteiger partial charge in [0.25, 0.3) is 0 Å². The molecule has 1 N–H and O–H groups in total. The molecule has 0 aromatic heterocycles. The first-order valence-electron chi connectivity index (χ1n) is 6.92. The van der Waals surface area contributed by atoms with Gasteiger partial charge in [-0.3, -0.25) is 9.69 Å². The number of fused-ring (bicyclic) bond motifs is 1. The smallest absolute Gasteiger partial charge is 0.308 e. The van der Waals surface area contributed by atoms with Crippen LogP contribution >= 0.6 is 0 Å². The Balaban J connectivity index is 1.81. The molecule has 0 spiro atoms. The van der Waals surface area contributed by atoms with Crippen molar-refractivity contribution >= 4 is 23.2 Å². The fourth-order valence-electron chi connectivity index (χ4n) is 2.54. The summed E-state index contributed by atoms with van der Waals surface area (Å²) in [4.78, 5) is 25.5.